The van der Waals surface area contributed by atoms with Crippen LogP contribution in [0.2, 0.25) is 0 Å². The van der Waals surface area contributed by atoms with Gasteiger partial charge < -0.3 is 15.5 Å². The van der Waals surface area contributed by atoms with Crippen molar-refractivity contribution in [2.45, 2.75) is 13.3 Å². The highest BCUT2D eigenvalue weighted by molar-refractivity contribution is 5.96. The van der Waals surface area contributed by atoms with Crippen LogP contribution in [0.4, 0.5) is 0 Å². The molecule has 0 saturated carbocycles. The number of rotatable bonds is 7. The monoisotopic (exact) mass is 278 g/mol. The first-order valence-electron chi connectivity index (χ1n) is 6.72. The highest BCUT2D eigenvalue weighted by Crippen LogP contribution is 2.00. The quantitative estimate of drug-likeness (QED) is 0.762. The van der Waals surface area contributed by atoms with Gasteiger partial charge in [0, 0.05) is 19.6 Å². The molecule has 0 bridgehead atoms. The van der Waals surface area contributed by atoms with E-state index in [-0.39, 0.29) is 23.2 Å². The first kappa shape index (κ1) is 16.1. The van der Waals surface area contributed by atoms with E-state index in [1.165, 1.54) is 0 Å². The molecule has 2 N–H and O–H groups in total. The van der Waals surface area contributed by atoms with Gasteiger partial charge in [-0.3, -0.25) is 9.59 Å². The molecule has 0 saturated heterocycles. The van der Waals surface area contributed by atoms with E-state index in [4.69, 9.17) is 0 Å². The maximum atomic E-state index is 11.9. The van der Waals surface area contributed by atoms with Crippen LogP contribution in [0.1, 0.15) is 34.3 Å². The largest absolute Gasteiger partial charge is 0.351 e. The van der Waals surface area contributed by atoms with E-state index in [2.05, 4.69) is 15.6 Å². The highest BCUT2D eigenvalue weighted by Gasteiger charge is 2.11. The molecule has 1 aromatic rings. The van der Waals surface area contributed by atoms with Crippen molar-refractivity contribution in [2.24, 2.45) is 0 Å². The van der Waals surface area contributed by atoms with E-state index in [9.17, 15) is 9.59 Å². The molecule has 6 nitrogen and oxygen atoms in total. The second-order valence-electron chi connectivity index (χ2n) is 4.72. The lowest BCUT2D eigenvalue weighted by molar-refractivity contribution is 0.0943. The van der Waals surface area contributed by atoms with Crippen molar-refractivity contribution in [3.8, 4) is 0 Å². The summed E-state index contributed by atoms with van der Waals surface area (Å²) in [5, 5.41) is 5.50. The Morgan fingerprint density at radius 3 is 2.15 bits per heavy atom. The summed E-state index contributed by atoms with van der Waals surface area (Å²) in [4.78, 5) is 29.7. The van der Waals surface area contributed by atoms with Gasteiger partial charge in [-0.2, -0.15) is 0 Å². The number of aromatic nitrogens is 1. The molecular formula is C14H22N4O2. The fourth-order valence-electron chi connectivity index (χ4n) is 1.50. The lowest BCUT2D eigenvalue weighted by Crippen LogP contribution is -2.32. The Morgan fingerprint density at radius 1 is 1.10 bits per heavy atom. The van der Waals surface area contributed by atoms with Crippen molar-refractivity contribution in [3.63, 3.8) is 0 Å². The summed E-state index contributed by atoms with van der Waals surface area (Å²) in [6, 6.07) is 4.86. The predicted octanol–water partition coefficient (Wildman–Crippen LogP) is 0.513. The van der Waals surface area contributed by atoms with E-state index in [1.54, 1.807) is 18.2 Å². The zero-order valence-corrected chi connectivity index (χ0v) is 12.3. The van der Waals surface area contributed by atoms with Crippen molar-refractivity contribution < 1.29 is 9.59 Å². The van der Waals surface area contributed by atoms with Crippen molar-refractivity contribution in [2.75, 3.05) is 33.7 Å². The van der Waals surface area contributed by atoms with E-state index < -0.39 is 0 Å². The van der Waals surface area contributed by atoms with Gasteiger partial charge in [-0.05, 0) is 32.6 Å². The van der Waals surface area contributed by atoms with Crippen LogP contribution in [-0.4, -0.2) is 55.4 Å². The van der Waals surface area contributed by atoms with Gasteiger partial charge >= 0.3 is 0 Å². The first-order chi connectivity index (χ1) is 9.54. The molecule has 0 radical (unpaired) electrons. The van der Waals surface area contributed by atoms with Crippen molar-refractivity contribution in [1.82, 2.24) is 20.5 Å². The summed E-state index contributed by atoms with van der Waals surface area (Å²) in [5.74, 6) is -0.521. The number of carbonyl (C=O) groups is 2. The Bertz CT molecular complexity index is 460. The average Bonchev–Trinajstić information content (AvgIpc) is 2.44. The summed E-state index contributed by atoms with van der Waals surface area (Å²) in [7, 11) is 3.87. The Labute approximate surface area is 119 Å². The van der Waals surface area contributed by atoms with E-state index >= 15 is 0 Å². The van der Waals surface area contributed by atoms with Crippen LogP contribution >= 0.6 is 0 Å². The van der Waals surface area contributed by atoms with Crippen LogP contribution < -0.4 is 10.6 Å². The van der Waals surface area contributed by atoms with Crippen molar-refractivity contribution >= 4 is 11.8 Å². The molecule has 0 atom stereocenters. The van der Waals surface area contributed by atoms with Crippen LogP contribution in [0.25, 0.3) is 0 Å². The summed E-state index contributed by atoms with van der Waals surface area (Å²) in [5.41, 5.74) is 0.520. The number of hydrogen-bond donors (Lipinski definition) is 2. The predicted molar refractivity (Wildman–Crippen MR) is 77.7 cm³/mol. The summed E-state index contributed by atoms with van der Waals surface area (Å²) < 4.78 is 0. The Hall–Kier alpha value is -1.95. The molecule has 1 heterocycles. The van der Waals surface area contributed by atoms with Gasteiger partial charge in [-0.15, -0.1) is 0 Å². The van der Waals surface area contributed by atoms with Gasteiger partial charge in [0.05, 0.1) is 0 Å². The molecule has 0 aliphatic heterocycles. The average molecular weight is 278 g/mol. The fourth-order valence-corrected chi connectivity index (χ4v) is 1.50. The number of pyridine rings is 1. The topological polar surface area (TPSA) is 74.3 Å². The summed E-state index contributed by atoms with van der Waals surface area (Å²) in [6.07, 6.45) is 0.858. The Morgan fingerprint density at radius 2 is 1.65 bits per heavy atom. The highest BCUT2D eigenvalue weighted by atomic mass is 16.2. The number of amides is 2. The molecule has 110 valence electrons. The third kappa shape index (κ3) is 5.36. The molecule has 2 amide bonds. The second kappa shape index (κ2) is 8.27. The minimum Gasteiger partial charge on any atom is -0.351 e. The molecule has 0 spiro atoms. The van der Waals surface area contributed by atoms with Gasteiger partial charge in [-0.1, -0.05) is 13.0 Å². The number of nitrogens with one attached hydrogen (secondary N) is 2. The Kier molecular flexibility index (Phi) is 6.66. The smallest absolute Gasteiger partial charge is 0.269 e. The third-order valence-electron chi connectivity index (χ3n) is 2.59. The number of hydrogen-bond acceptors (Lipinski definition) is 4. The molecule has 1 rings (SSSR count). The van der Waals surface area contributed by atoms with Crippen LogP contribution in [0.5, 0.6) is 0 Å². The molecule has 0 aliphatic carbocycles. The molecule has 0 fully saturated rings. The molecule has 1 aromatic heterocycles. The fraction of sp³-hybridized carbons (Fsp3) is 0.500. The van der Waals surface area contributed by atoms with Crippen LogP contribution in [0.15, 0.2) is 18.2 Å². The van der Waals surface area contributed by atoms with E-state index in [1.807, 2.05) is 25.9 Å². The third-order valence-corrected chi connectivity index (χ3v) is 2.59. The molecule has 0 aliphatic rings. The number of likely N-dealkylation sites (N-methyl/N-ethyl adjacent to an activating group) is 1. The van der Waals surface area contributed by atoms with E-state index in [0.29, 0.717) is 13.1 Å². The second-order valence-corrected chi connectivity index (χ2v) is 4.72. The maximum absolute atomic E-state index is 11.9. The number of nitrogens with zero attached hydrogens (tertiary/aromatic N) is 2. The van der Waals surface area contributed by atoms with Crippen LogP contribution in [0.3, 0.4) is 0 Å². The minimum atomic E-state index is -0.267. The van der Waals surface area contributed by atoms with Gasteiger partial charge in [-0.25, -0.2) is 4.98 Å². The summed E-state index contributed by atoms with van der Waals surface area (Å²) >= 11 is 0. The molecule has 0 unspecified atom stereocenters. The zero-order chi connectivity index (χ0) is 15.0. The first-order valence-corrected chi connectivity index (χ1v) is 6.72. The zero-order valence-electron chi connectivity index (χ0n) is 12.3. The van der Waals surface area contributed by atoms with E-state index in [0.717, 1.165) is 13.0 Å². The van der Waals surface area contributed by atoms with Gasteiger partial charge in [0.25, 0.3) is 11.8 Å². The van der Waals surface area contributed by atoms with Gasteiger partial charge in [0.15, 0.2) is 0 Å². The molecule has 0 aromatic carbocycles. The minimum absolute atomic E-state index is 0.255. The molecule has 20 heavy (non-hydrogen) atoms. The Balaban J connectivity index is 2.62. The maximum Gasteiger partial charge on any atom is 0.269 e. The lowest BCUT2D eigenvalue weighted by Gasteiger charge is -2.10. The normalized spacial score (nSPS) is 10.4. The van der Waals surface area contributed by atoms with Crippen molar-refractivity contribution in [3.05, 3.63) is 29.6 Å². The lowest BCUT2D eigenvalue weighted by atomic mass is 10.2. The standard InChI is InChI=1S/C14H22N4O2/c1-4-8-15-13(19)11-6-5-7-12(17-11)14(20)16-9-10-18(2)3/h5-7H,4,8-10H2,1-3H3,(H,15,19)(H,16,20). The SMILES string of the molecule is CCCNC(=O)c1cccc(C(=O)NCCN(C)C)n1. The van der Waals surface area contributed by atoms with Crippen LogP contribution in [0, 0.1) is 0 Å². The van der Waals surface area contributed by atoms with Crippen LogP contribution in [-0.2, 0) is 0 Å². The number of carbonyl (C=O) groups excluding carboxylic acids is 2. The van der Waals surface area contributed by atoms with Gasteiger partial charge in [0.1, 0.15) is 11.4 Å². The van der Waals surface area contributed by atoms with Gasteiger partial charge in [0.2, 0.25) is 0 Å². The molecular weight excluding hydrogens is 256 g/mol. The van der Waals surface area contributed by atoms with Crippen molar-refractivity contribution in [1.29, 1.82) is 0 Å². The summed E-state index contributed by atoms with van der Waals surface area (Å²) in [6.45, 7) is 3.87. The molecule has 6 heteroatoms.